The third-order valence-corrected chi connectivity index (χ3v) is 4.33. The Hall–Kier alpha value is -1.36. The van der Waals surface area contributed by atoms with Crippen molar-refractivity contribution in [1.82, 2.24) is 5.32 Å². The second kappa shape index (κ2) is 5.74. The van der Waals surface area contributed by atoms with Crippen LogP contribution in [0.4, 0.5) is 0 Å². The van der Waals surface area contributed by atoms with E-state index in [-0.39, 0.29) is 17.7 Å². The van der Waals surface area contributed by atoms with Crippen LogP contribution < -0.4 is 5.32 Å². The third-order valence-electron chi connectivity index (χ3n) is 3.10. The van der Waals surface area contributed by atoms with Gasteiger partial charge in [-0.3, -0.25) is 9.59 Å². The van der Waals surface area contributed by atoms with E-state index in [1.54, 1.807) is 25.2 Å². The quantitative estimate of drug-likeness (QED) is 0.843. The minimum Gasteiger partial charge on any atom is -0.481 e. The molecule has 0 saturated carbocycles. The maximum Gasteiger partial charge on any atom is 0.309 e. The van der Waals surface area contributed by atoms with Crippen molar-refractivity contribution < 1.29 is 14.7 Å². The second-order valence-corrected chi connectivity index (χ2v) is 6.95. The van der Waals surface area contributed by atoms with Crippen LogP contribution in [-0.2, 0) is 15.0 Å². The summed E-state index contributed by atoms with van der Waals surface area (Å²) < 4.78 is 0. The predicted molar refractivity (Wildman–Crippen MR) is 76.4 cm³/mol. The van der Waals surface area contributed by atoms with Gasteiger partial charge in [-0.2, -0.15) is 0 Å². The van der Waals surface area contributed by atoms with Gasteiger partial charge >= 0.3 is 5.97 Å². The van der Waals surface area contributed by atoms with Crippen molar-refractivity contribution in [3.05, 3.63) is 22.4 Å². The summed E-state index contributed by atoms with van der Waals surface area (Å²) in [6.45, 7) is 7.73. The Balaban J connectivity index is 2.53. The molecule has 1 heterocycles. The van der Waals surface area contributed by atoms with Crippen molar-refractivity contribution in [1.29, 1.82) is 0 Å². The van der Waals surface area contributed by atoms with Crippen molar-refractivity contribution in [3.63, 3.8) is 0 Å². The van der Waals surface area contributed by atoms with Crippen LogP contribution in [0.3, 0.4) is 0 Å². The van der Waals surface area contributed by atoms with Gasteiger partial charge < -0.3 is 10.4 Å². The van der Waals surface area contributed by atoms with Crippen molar-refractivity contribution >= 4 is 23.2 Å². The number of thiophene rings is 1. The van der Waals surface area contributed by atoms with Gasteiger partial charge in [-0.1, -0.05) is 19.9 Å². The van der Waals surface area contributed by atoms with Crippen LogP contribution in [0.25, 0.3) is 0 Å². The highest BCUT2D eigenvalue weighted by Crippen LogP contribution is 2.27. The summed E-state index contributed by atoms with van der Waals surface area (Å²) in [4.78, 5) is 24.0. The molecule has 106 valence electrons. The zero-order valence-electron chi connectivity index (χ0n) is 11.8. The molecule has 0 unspecified atom stereocenters. The molecule has 0 saturated heterocycles. The molecule has 1 amide bonds. The van der Waals surface area contributed by atoms with Gasteiger partial charge in [-0.25, -0.2) is 0 Å². The molecule has 0 fully saturated rings. The highest BCUT2D eigenvalue weighted by Gasteiger charge is 2.31. The molecule has 0 radical (unpaired) electrons. The number of carbonyl (C=O) groups excluding carboxylic acids is 1. The lowest BCUT2D eigenvalue weighted by Crippen LogP contribution is -2.39. The molecular formula is C14H21NO3S. The summed E-state index contributed by atoms with van der Waals surface area (Å²) in [5, 5.41) is 13.8. The summed E-state index contributed by atoms with van der Waals surface area (Å²) in [5.41, 5.74) is -1.17. The molecule has 0 aliphatic rings. The van der Waals surface area contributed by atoms with E-state index >= 15 is 0 Å². The Morgan fingerprint density at radius 3 is 2.42 bits per heavy atom. The molecule has 4 nitrogen and oxygen atoms in total. The van der Waals surface area contributed by atoms with Gasteiger partial charge in [-0.05, 0) is 25.3 Å². The second-order valence-electron chi connectivity index (χ2n) is 6.00. The summed E-state index contributed by atoms with van der Waals surface area (Å²) in [7, 11) is 0. The van der Waals surface area contributed by atoms with E-state index in [1.165, 1.54) is 4.88 Å². The zero-order valence-corrected chi connectivity index (χ0v) is 12.6. The molecule has 1 rings (SSSR count). The van der Waals surface area contributed by atoms with E-state index in [9.17, 15) is 9.59 Å². The van der Waals surface area contributed by atoms with Crippen molar-refractivity contribution in [2.45, 2.75) is 39.5 Å². The van der Waals surface area contributed by atoms with Gasteiger partial charge in [0.25, 0.3) is 0 Å². The van der Waals surface area contributed by atoms with Crippen LogP contribution in [0.5, 0.6) is 0 Å². The first-order chi connectivity index (χ1) is 8.65. The molecular weight excluding hydrogens is 262 g/mol. The Bertz CT molecular complexity index is 449. The van der Waals surface area contributed by atoms with E-state index in [0.29, 0.717) is 6.54 Å². The molecule has 19 heavy (non-hydrogen) atoms. The first-order valence-corrected chi connectivity index (χ1v) is 7.07. The Morgan fingerprint density at radius 1 is 1.32 bits per heavy atom. The average Bonchev–Trinajstić information content (AvgIpc) is 2.79. The zero-order chi connectivity index (χ0) is 14.7. The Morgan fingerprint density at radius 2 is 1.95 bits per heavy atom. The van der Waals surface area contributed by atoms with Gasteiger partial charge in [-0.15, -0.1) is 11.3 Å². The molecule has 0 aliphatic heterocycles. The lowest BCUT2D eigenvalue weighted by Gasteiger charge is -2.25. The molecule has 0 bridgehead atoms. The SMILES string of the molecule is CC(C)(CC(=O)NCC(C)(C)c1cccs1)C(=O)O. The number of hydrogen-bond acceptors (Lipinski definition) is 3. The van der Waals surface area contributed by atoms with Crippen molar-refractivity contribution in [2.75, 3.05) is 6.54 Å². The van der Waals surface area contributed by atoms with E-state index < -0.39 is 11.4 Å². The Labute approximate surface area is 117 Å². The molecule has 0 aliphatic carbocycles. The van der Waals surface area contributed by atoms with Crippen LogP contribution in [0, 0.1) is 5.41 Å². The molecule has 0 aromatic carbocycles. The number of carboxylic acid groups (broad SMARTS) is 1. The standard InChI is InChI=1S/C14H21NO3S/c1-13(2,12(17)18)8-11(16)15-9-14(3,4)10-6-5-7-19-10/h5-7H,8-9H2,1-4H3,(H,15,16)(H,17,18). The van der Waals surface area contributed by atoms with Crippen LogP contribution in [0.2, 0.25) is 0 Å². The van der Waals surface area contributed by atoms with Gasteiger partial charge in [0.1, 0.15) is 0 Å². The summed E-state index contributed by atoms with van der Waals surface area (Å²) >= 11 is 1.65. The first-order valence-electron chi connectivity index (χ1n) is 6.19. The van der Waals surface area contributed by atoms with Crippen LogP contribution in [0.15, 0.2) is 17.5 Å². The summed E-state index contributed by atoms with van der Waals surface area (Å²) in [5.74, 6) is -1.18. The monoisotopic (exact) mass is 283 g/mol. The van der Waals surface area contributed by atoms with E-state index in [0.717, 1.165) is 0 Å². The highest BCUT2D eigenvalue weighted by atomic mass is 32.1. The minimum atomic E-state index is -1.03. The lowest BCUT2D eigenvalue weighted by atomic mass is 9.88. The molecule has 1 aromatic rings. The fraction of sp³-hybridized carbons (Fsp3) is 0.571. The number of aliphatic carboxylic acids is 1. The Kier molecular flexibility index (Phi) is 4.74. The van der Waals surface area contributed by atoms with Gasteiger partial charge in [0, 0.05) is 23.3 Å². The van der Waals surface area contributed by atoms with E-state index in [1.807, 2.05) is 17.5 Å². The van der Waals surface area contributed by atoms with Gasteiger partial charge in [0.05, 0.1) is 5.41 Å². The van der Waals surface area contributed by atoms with Crippen molar-refractivity contribution in [2.24, 2.45) is 5.41 Å². The third kappa shape index (κ3) is 4.35. The van der Waals surface area contributed by atoms with Crippen LogP contribution in [-0.4, -0.2) is 23.5 Å². The number of amides is 1. The number of carboxylic acids is 1. The molecule has 0 spiro atoms. The molecule has 2 N–H and O–H groups in total. The normalized spacial score (nSPS) is 12.2. The summed E-state index contributed by atoms with van der Waals surface area (Å²) in [6, 6.07) is 4.02. The smallest absolute Gasteiger partial charge is 0.309 e. The first kappa shape index (κ1) is 15.7. The van der Waals surface area contributed by atoms with E-state index in [2.05, 4.69) is 19.2 Å². The summed E-state index contributed by atoms with van der Waals surface area (Å²) in [6.07, 6.45) is -0.0111. The van der Waals surface area contributed by atoms with E-state index in [4.69, 9.17) is 5.11 Å². The topological polar surface area (TPSA) is 66.4 Å². The number of rotatable bonds is 6. The largest absolute Gasteiger partial charge is 0.481 e. The number of hydrogen-bond donors (Lipinski definition) is 2. The molecule has 0 atom stereocenters. The van der Waals surface area contributed by atoms with Crippen LogP contribution in [0.1, 0.15) is 39.0 Å². The average molecular weight is 283 g/mol. The lowest BCUT2D eigenvalue weighted by molar-refractivity contribution is -0.149. The van der Waals surface area contributed by atoms with Gasteiger partial charge in [0.2, 0.25) is 5.91 Å². The van der Waals surface area contributed by atoms with Crippen LogP contribution >= 0.6 is 11.3 Å². The number of nitrogens with one attached hydrogen (secondary N) is 1. The maximum atomic E-state index is 11.8. The molecule has 5 heteroatoms. The number of carbonyl (C=O) groups is 2. The highest BCUT2D eigenvalue weighted by molar-refractivity contribution is 7.10. The van der Waals surface area contributed by atoms with Gasteiger partial charge in [0.15, 0.2) is 0 Å². The van der Waals surface area contributed by atoms with Crippen molar-refractivity contribution in [3.8, 4) is 0 Å². The predicted octanol–water partition coefficient (Wildman–Crippen LogP) is 2.64. The maximum absolute atomic E-state index is 11.8. The molecule has 1 aromatic heterocycles. The minimum absolute atomic E-state index is 0.0111. The fourth-order valence-corrected chi connectivity index (χ4v) is 2.46. The fourth-order valence-electron chi connectivity index (χ4n) is 1.61.